The monoisotopic (exact) mass is 313 g/mol. The molecule has 0 radical (unpaired) electrons. The first-order valence-electron chi connectivity index (χ1n) is 7.57. The normalized spacial score (nSPS) is 11.3. The maximum atomic E-state index is 11.0. The average Bonchev–Trinajstić information content (AvgIpc) is 2.46. The van der Waals surface area contributed by atoms with E-state index in [4.69, 9.17) is 4.84 Å². The molecule has 0 atom stereocenters. The van der Waals surface area contributed by atoms with Gasteiger partial charge in [-0.15, -0.1) is 0 Å². The Balaban J connectivity index is 2.05. The van der Waals surface area contributed by atoms with Crippen LogP contribution in [-0.2, 0) is 16.2 Å². The van der Waals surface area contributed by atoms with Crippen molar-refractivity contribution in [2.24, 2.45) is 0 Å². The third kappa shape index (κ3) is 5.81. The summed E-state index contributed by atoms with van der Waals surface area (Å²) in [4.78, 5) is 20.8. The molecule has 1 heterocycles. The zero-order valence-electron chi connectivity index (χ0n) is 14.0. The number of hydrogen-bond donors (Lipinski definition) is 2. The predicted octanol–water partition coefficient (Wildman–Crippen LogP) is 3.53. The van der Waals surface area contributed by atoms with E-state index in [2.05, 4.69) is 21.8 Å². The van der Waals surface area contributed by atoms with Gasteiger partial charge in [0.15, 0.2) is 0 Å². The third-order valence-corrected chi connectivity index (χ3v) is 2.98. The van der Waals surface area contributed by atoms with E-state index in [0.29, 0.717) is 12.4 Å². The van der Waals surface area contributed by atoms with Gasteiger partial charge < -0.3 is 5.32 Å². The topological polar surface area (TPSA) is 63.2 Å². The Labute approximate surface area is 137 Å². The lowest BCUT2D eigenvalue weighted by Crippen LogP contribution is -2.28. The smallest absolute Gasteiger partial charge is 0.222 e. The van der Waals surface area contributed by atoms with Crippen LogP contribution in [0.2, 0.25) is 0 Å². The van der Waals surface area contributed by atoms with Gasteiger partial charge in [0.05, 0.1) is 5.60 Å². The molecule has 1 aromatic carbocycles. The Kier molecular flexibility index (Phi) is 5.47. The molecule has 2 aromatic rings. The molecule has 0 fully saturated rings. The Hall–Kier alpha value is -2.24. The molecule has 0 bridgehead atoms. The third-order valence-electron chi connectivity index (χ3n) is 2.98. The highest BCUT2D eigenvalue weighted by atomic mass is 16.7. The largest absolute Gasteiger partial charge is 0.311 e. The Bertz CT molecular complexity index is 661. The Morgan fingerprint density at radius 2 is 1.96 bits per heavy atom. The number of amides is 1. The van der Waals surface area contributed by atoms with Crippen LogP contribution < -0.4 is 10.8 Å². The molecule has 0 aliphatic rings. The van der Waals surface area contributed by atoms with Gasteiger partial charge in [0, 0.05) is 25.2 Å². The highest BCUT2D eigenvalue weighted by molar-refractivity contribution is 5.87. The number of carbonyl (C=O) groups excluding carboxylic acids is 1. The van der Waals surface area contributed by atoms with Crippen LogP contribution in [0.15, 0.2) is 42.6 Å². The van der Waals surface area contributed by atoms with Gasteiger partial charge >= 0.3 is 0 Å². The van der Waals surface area contributed by atoms with Gasteiger partial charge in [-0.05, 0) is 50.1 Å². The van der Waals surface area contributed by atoms with Crippen LogP contribution in [0.25, 0.3) is 11.1 Å². The number of rotatable bonds is 5. The fourth-order valence-electron chi connectivity index (χ4n) is 2.02. The van der Waals surface area contributed by atoms with Crippen LogP contribution in [-0.4, -0.2) is 16.5 Å². The number of carbonyl (C=O) groups is 1. The molecule has 0 aliphatic carbocycles. The van der Waals surface area contributed by atoms with Crippen LogP contribution in [0, 0.1) is 0 Å². The van der Waals surface area contributed by atoms with Crippen LogP contribution in [0.3, 0.4) is 0 Å². The van der Waals surface area contributed by atoms with Crippen LogP contribution in [0.1, 0.15) is 33.3 Å². The fourth-order valence-corrected chi connectivity index (χ4v) is 2.02. The van der Waals surface area contributed by atoms with Crippen LogP contribution >= 0.6 is 0 Å². The van der Waals surface area contributed by atoms with E-state index >= 15 is 0 Å². The molecule has 0 spiro atoms. The first-order valence-corrected chi connectivity index (χ1v) is 7.57. The molecule has 0 saturated carbocycles. The van der Waals surface area contributed by atoms with E-state index in [1.807, 2.05) is 45.0 Å². The second-order valence-corrected chi connectivity index (χ2v) is 6.35. The second kappa shape index (κ2) is 7.35. The summed E-state index contributed by atoms with van der Waals surface area (Å²) >= 11 is 0. The lowest BCUT2D eigenvalue weighted by Gasteiger charge is -2.19. The zero-order valence-corrected chi connectivity index (χ0v) is 14.0. The fraction of sp³-hybridized carbons (Fsp3) is 0.333. The molecule has 1 amide bonds. The summed E-state index contributed by atoms with van der Waals surface area (Å²) in [5.74, 6) is 0.426. The van der Waals surface area contributed by atoms with Gasteiger partial charge in [-0.25, -0.2) is 4.98 Å². The first-order chi connectivity index (χ1) is 10.8. The minimum absolute atomic E-state index is 0.128. The number of benzene rings is 1. The molecule has 0 aliphatic heterocycles. The summed E-state index contributed by atoms with van der Waals surface area (Å²) in [5.41, 5.74) is 5.96. The van der Waals surface area contributed by atoms with Crippen LogP contribution in [0.4, 0.5) is 5.82 Å². The maximum Gasteiger partial charge on any atom is 0.222 e. The zero-order chi connectivity index (χ0) is 16.9. The molecule has 23 heavy (non-hydrogen) atoms. The van der Waals surface area contributed by atoms with Crippen molar-refractivity contribution >= 4 is 11.7 Å². The number of nitrogens with one attached hydrogen (secondary N) is 2. The predicted molar refractivity (Wildman–Crippen MR) is 91.7 cm³/mol. The molecule has 1 aromatic heterocycles. The number of aromatic nitrogens is 1. The SMILES string of the molecule is CC(=O)Nc1ccc(-c2cccc(CNOC(C)(C)C)c2)cn1. The molecule has 122 valence electrons. The van der Waals surface area contributed by atoms with Crippen molar-refractivity contribution in [2.75, 3.05) is 5.32 Å². The molecular formula is C18H23N3O2. The van der Waals surface area contributed by atoms with E-state index in [0.717, 1.165) is 16.7 Å². The summed E-state index contributed by atoms with van der Waals surface area (Å²) in [5, 5.41) is 2.66. The Morgan fingerprint density at radius 3 is 2.57 bits per heavy atom. The summed E-state index contributed by atoms with van der Waals surface area (Å²) in [7, 11) is 0. The van der Waals surface area contributed by atoms with Crippen LogP contribution in [0.5, 0.6) is 0 Å². The number of hydroxylamine groups is 1. The van der Waals surface area contributed by atoms with E-state index in [1.54, 1.807) is 12.3 Å². The van der Waals surface area contributed by atoms with Crippen molar-refractivity contribution in [3.63, 3.8) is 0 Å². The number of anilines is 1. The van der Waals surface area contributed by atoms with Gasteiger partial charge in [-0.1, -0.05) is 18.2 Å². The van der Waals surface area contributed by atoms with Crippen molar-refractivity contribution in [3.05, 3.63) is 48.2 Å². The van der Waals surface area contributed by atoms with Crippen molar-refractivity contribution in [1.29, 1.82) is 0 Å². The standard InChI is InChI=1S/C18H23N3O2/c1-13(22)21-17-9-8-16(12-19-17)15-7-5-6-14(10-15)11-20-23-18(2,3)4/h5-10,12,20H,11H2,1-4H3,(H,19,21,22). The summed E-state index contributed by atoms with van der Waals surface area (Å²) in [6, 6.07) is 11.9. The molecule has 5 nitrogen and oxygen atoms in total. The van der Waals surface area contributed by atoms with Gasteiger partial charge in [0.2, 0.25) is 5.91 Å². The van der Waals surface area contributed by atoms with E-state index < -0.39 is 0 Å². The minimum atomic E-state index is -0.221. The summed E-state index contributed by atoms with van der Waals surface area (Å²) in [6.45, 7) is 8.09. The molecule has 0 unspecified atom stereocenters. The highest BCUT2D eigenvalue weighted by Gasteiger charge is 2.10. The lowest BCUT2D eigenvalue weighted by atomic mass is 10.0. The quantitative estimate of drug-likeness (QED) is 0.829. The molecule has 2 N–H and O–H groups in total. The maximum absolute atomic E-state index is 11.0. The van der Waals surface area contributed by atoms with Gasteiger partial charge in [0.25, 0.3) is 0 Å². The van der Waals surface area contributed by atoms with Gasteiger partial charge in [-0.2, -0.15) is 5.48 Å². The lowest BCUT2D eigenvalue weighted by molar-refractivity contribution is -0.114. The molecule has 2 rings (SSSR count). The van der Waals surface area contributed by atoms with Gasteiger partial charge in [-0.3, -0.25) is 9.63 Å². The summed E-state index contributed by atoms with van der Waals surface area (Å²) < 4.78 is 0. The number of hydrogen-bond acceptors (Lipinski definition) is 4. The van der Waals surface area contributed by atoms with Crippen molar-refractivity contribution < 1.29 is 9.63 Å². The Morgan fingerprint density at radius 1 is 1.17 bits per heavy atom. The molecule has 5 heteroatoms. The van der Waals surface area contributed by atoms with E-state index in [1.165, 1.54) is 6.92 Å². The van der Waals surface area contributed by atoms with Gasteiger partial charge in [0.1, 0.15) is 5.82 Å². The van der Waals surface area contributed by atoms with Crippen molar-refractivity contribution in [2.45, 2.75) is 39.8 Å². The second-order valence-electron chi connectivity index (χ2n) is 6.35. The number of nitrogens with zero attached hydrogens (tertiary/aromatic N) is 1. The highest BCUT2D eigenvalue weighted by Crippen LogP contribution is 2.21. The van der Waals surface area contributed by atoms with E-state index in [9.17, 15) is 4.79 Å². The first kappa shape index (κ1) is 17.1. The average molecular weight is 313 g/mol. The summed E-state index contributed by atoms with van der Waals surface area (Å²) in [6.07, 6.45) is 1.75. The molecule has 0 saturated heterocycles. The van der Waals surface area contributed by atoms with Crippen molar-refractivity contribution in [3.8, 4) is 11.1 Å². The minimum Gasteiger partial charge on any atom is -0.311 e. The number of pyridine rings is 1. The molecular weight excluding hydrogens is 290 g/mol. The van der Waals surface area contributed by atoms with Crippen molar-refractivity contribution in [1.82, 2.24) is 10.5 Å². The van der Waals surface area contributed by atoms with E-state index in [-0.39, 0.29) is 11.5 Å².